The number of carbonyl (C=O) groups is 1. The van der Waals surface area contributed by atoms with Gasteiger partial charge in [-0.2, -0.15) is 0 Å². The fourth-order valence-electron chi connectivity index (χ4n) is 2.75. The molecule has 4 nitrogen and oxygen atoms in total. The summed E-state index contributed by atoms with van der Waals surface area (Å²) < 4.78 is 27.2. The summed E-state index contributed by atoms with van der Waals surface area (Å²) in [4.78, 5) is 15.1. The normalized spacial score (nSPS) is 12.3. The van der Waals surface area contributed by atoms with Gasteiger partial charge in [0.15, 0.2) is 0 Å². The maximum absolute atomic E-state index is 13.7. The number of halogens is 4. The van der Waals surface area contributed by atoms with Gasteiger partial charge < -0.3 is 10.8 Å². The summed E-state index contributed by atoms with van der Waals surface area (Å²) in [6.45, 7) is 0. The van der Waals surface area contributed by atoms with Crippen molar-refractivity contribution in [3.8, 4) is 11.1 Å². The molecule has 26 heavy (non-hydrogen) atoms. The van der Waals surface area contributed by atoms with Crippen molar-refractivity contribution in [1.82, 2.24) is 4.98 Å². The molecule has 0 aliphatic carbocycles. The van der Waals surface area contributed by atoms with Crippen molar-refractivity contribution in [3.05, 3.63) is 63.8 Å². The van der Waals surface area contributed by atoms with Crippen LogP contribution < -0.4 is 5.73 Å². The second-order valence-corrected chi connectivity index (χ2v) is 6.53. The predicted molar refractivity (Wildman–Crippen MR) is 96.4 cm³/mol. The molecule has 0 saturated carbocycles. The molecule has 3 rings (SSSR count). The first-order valence-corrected chi connectivity index (χ1v) is 8.24. The Morgan fingerprint density at radius 1 is 1.15 bits per heavy atom. The SMILES string of the molecule is N[C@@H](Cc1ccc(-c2c(Cl)cc(F)cc2Cl)c2ncc(F)cc12)C(=O)O. The van der Waals surface area contributed by atoms with Crippen LogP contribution in [-0.2, 0) is 11.2 Å². The Hall–Kier alpha value is -2.28. The standard InChI is InChI=1S/C18H12Cl2F2N2O2/c19-13-5-9(21)6-14(20)16(13)11-2-1-8(3-15(23)18(25)26)12-4-10(22)7-24-17(11)12/h1-2,4-7,15H,3,23H2,(H,25,26)/t15-/m0/s1. The van der Waals surface area contributed by atoms with Crippen LogP contribution in [0.4, 0.5) is 8.78 Å². The van der Waals surface area contributed by atoms with Crippen molar-refractivity contribution in [2.24, 2.45) is 5.73 Å². The molecule has 0 bridgehead atoms. The highest BCUT2D eigenvalue weighted by Gasteiger charge is 2.19. The molecular formula is C18H12Cl2F2N2O2. The zero-order chi connectivity index (χ0) is 19.0. The molecule has 2 aromatic carbocycles. The number of benzene rings is 2. The van der Waals surface area contributed by atoms with Crippen molar-refractivity contribution >= 4 is 40.1 Å². The molecule has 1 atom stereocenters. The van der Waals surface area contributed by atoms with Crippen LogP contribution >= 0.6 is 23.2 Å². The van der Waals surface area contributed by atoms with Crippen LogP contribution in [0, 0.1) is 11.6 Å². The van der Waals surface area contributed by atoms with E-state index in [9.17, 15) is 13.6 Å². The number of nitrogens with zero attached hydrogens (tertiary/aromatic N) is 1. The highest BCUT2D eigenvalue weighted by molar-refractivity contribution is 6.39. The van der Waals surface area contributed by atoms with E-state index >= 15 is 0 Å². The van der Waals surface area contributed by atoms with Gasteiger partial charge in [0.1, 0.15) is 17.7 Å². The van der Waals surface area contributed by atoms with E-state index in [1.54, 1.807) is 12.1 Å². The third-order valence-corrected chi connectivity index (χ3v) is 4.54. The third-order valence-electron chi connectivity index (χ3n) is 3.94. The number of rotatable bonds is 4. The Balaban J connectivity index is 2.26. The van der Waals surface area contributed by atoms with Gasteiger partial charge in [0.05, 0.1) is 21.8 Å². The minimum Gasteiger partial charge on any atom is -0.480 e. The number of pyridine rings is 1. The summed E-state index contributed by atoms with van der Waals surface area (Å²) in [6, 6.07) is 5.56. The summed E-state index contributed by atoms with van der Waals surface area (Å²) in [5.41, 5.74) is 7.30. The van der Waals surface area contributed by atoms with Crippen LogP contribution in [-0.4, -0.2) is 22.1 Å². The number of aliphatic carboxylic acids is 1. The average molecular weight is 397 g/mol. The zero-order valence-corrected chi connectivity index (χ0v) is 14.7. The summed E-state index contributed by atoms with van der Waals surface area (Å²) in [5, 5.41) is 9.56. The number of hydrogen-bond donors (Lipinski definition) is 2. The van der Waals surface area contributed by atoms with Gasteiger partial charge in [0.2, 0.25) is 0 Å². The smallest absolute Gasteiger partial charge is 0.320 e. The quantitative estimate of drug-likeness (QED) is 0.683. The van der Waals surface area contributed by atoms with Crippen LogP contribution in [0.1, 0.15) is 5.56 Å². The number of carboxylic acid groups (broad SMARTS) is 1. The van der Waals surface area contributed by atoms with Gasteiger partial charge in [-0.25, -0.2) is 8.78 Å². The molecule has 3 N–H and O–H groups in total. The van der Waals surface area contributed by atoms with Crippen molar-refractivity contribution < 1.29 is 18.7 Å². The van der Waals surface area contributed by atoms with E-state index in [1.165, 1.54) is 6.07 Å². The van der Waals surface area contributed by atoms with Gasteiger partial charge in [0.25, 0.3) is 0 Å². The van der Waals surface area contributed by atoms with E-state index in [0.717, 1.165) is 18.3 Å². The number of nitrogens with two attached hydrogens (primary N) is 1. The second kappa shape index (κ2) is 7.15. The lowest BCUT2D eigenvalue weighted by Crippen LogP contribution is -2.32. The minimum atomic E-state index is -1.17. The van der Waals surface area contributed by atoms with E-state index in [-0.39, 0.29) is 16.5 Å². The lowest BCUT2D eigenvalue weighted by molar-refractivity contribution is -0.138. The maximum atomic E-state index is 13.7. The first-order valence-electron chi connectivity index (χ1n) is 7.48. The largest absolute Gasteiger partial charge is 0.480 e. The summed E-state index contributed by atoms with van der Waals surface area (Å²) in [7, 11) is 0. The number of aromatic nitrogens is 1. The Morgan fingerprint density at radius 2 is 1.81 bits per heavy atom. The number of fused-ring (bicyclic) bond motifs is 1. The fourth-order valence-corrected chi connectivity index (χ4v) is 3.42. The molecule has 0 spiro atoms. The van der Waals surface area contributed by atoms with Gasteiger partial charge in [-0.05, 0) is 30.2 Å². The Morgan fingerprint density at radius 3 is 2.42 bits per heavy atom. The summed E-state index contributed by atoms with van der Waals surface area (Å²) in [5.74, 6) is -2.34. The molecule has 1 heterocycles. The highest BCUT2D eigenvalue weighted by Crippen LogP contribution is 2.39. The summed E-state index contributed by atoms with van der Waals surface area (Å²) in [6.07, 6.45) is 1.01. The fraction of sp³-hybridized carbons (Fsp3) is 0.111. The molecule has 1 aromatic heterocycles. The molecule has 134 valence electrons. The van der Waals surface area contributed by atoms with Gasteiger partial charge in [-0.1, -0.05) is 35.3 Å². The lowest BCUT2D eigenvalue weighted by Gasteiger charge is -2.14. The Kier molecular flexibility index (Phi) is 5.09. The van der Waals surface area contributed by atoms with E-state index < -0.39 is 23.6 Å². The Labute approximate surface area is 157 Å². The number of carboxylic acids is 1. The minimum absolute atomic E-state index is 0.0118. The zero-order valence-electron chi connectivity index (χ0n) is 13.1. The second-order valence-electron chi connectivity index (χ2n) is 5.72. The van der Waals surface area contributed by atoms with E-state index in [0.29, 0.717) is 27.6 Å². The van der Waals surface area contributed by atoms with E-state index in [4.69, 9.17) is 34.0 Å². The van der Waals surface area contributed by atoms with Crippen molar-refractivity contribution in [2.75, 3.05) is 0 Å². The monoisotopic (exact) mass is 396 g/mol. The molecule has 0 unspecified atom stereocenters. The first-order chi connectivity index (χ1) is 12.3. The highest BCUT2D eigenvalue weighted by atomic mass is 35.5. The molecule has 8 heteroatoms. The van der Waals surface area contributed by atoms with E-state index in [1.807, 2.05) is 0 Å². The van der Waals surface area contributed by atoms with Crippen molar-refractivity contribution in [2.45, 2.75) is 12.5 Å². The average Bonchev–Trinajstić information content (AvgIpc) is 2.55. The predicted octanol–water partition coefficient (Wildman–Crippen LogP) is 4.44. The Bertz CT molecular complexity index is 1000. The van der Waals surface area contributed by atoms with Crippen LogP contribution in [0.3, 0.4) is 0 Å². The summed E-state index contributed by atoms with van der Waals surface area (Å²) >= 11 is 12.3. The first kappa shape index (κ1) is 18.5. The van der Waals surface area contributed by atoms with Gasteiger partial charge in [-0.15, -0.1) is 0 Å². The van der Waals surface area contributed by atoms with Crippen LogP contribution in [0.5, 0.6) is 0 Å². The molecular weight excluding hydrogens is 385 g/mol. The third kappa shape index (κ3) is 3.49. The topological polar surface area (TPSA) is 76.2 Å². The van der Waals surface area contributed by atoms with Crippen molar-refractivity contribution in [3.63, 3.8) is 0 Å². The van der Waals surface area contributed by atoms with Crippen LogP contribution in [0.2, 0.25) is 10.0 Å². The van der Waals surface area contributed by atoms with E-state index in [2.05, 4.69) is 4.98 Å². The molecule has 0 radical (unpaired) electrons. The van der Waals surface area contributed by atoms with Gasteiger partial charge >= 0.3 is 5.97 Å². The van der Waals surface area contributed by atoms with Gasteiger partial charge in [-0.3, -0.25) is 9.78 Å². The van der Waals surface area contributed by atoms with Crippen molar-refractivity contribution in [1.29, 1.82) is 0 Å². The molecule has 0 amide bonds. The maximum Gasteiger partial charge on any atom is 0.320 e. The van der Waals surface area contributed by atoms with Crippen LogP contribution in [0.25, 0.3) is 22.0 Å². The van der Waals surface area contributed by atoms with Crippen LogP contribution in [0.15, 0.2) is 36.5 Å². The molecule has 0 aliphatic heterocycles. The molecule has 0 aliphatic rings. The molecule has 0 saturated heterocycles. The lowest BCUT2D eigenvalue weighted by atomic mass is 9.95. The van der Waals surface area contributed by atoms with Gasteiger partial charge in [0, 0.05) is 16.5 Å². The molecule has 3 aromatic rings. The number of hydrogen-bond acceptors (Lipinski definition) is 3. The molecule has 0 fully saturated rings.